The van der Waals surface area contributed by atoms with Gasteiger partial charge in [0.2, 0.25) is 0 Å². The van der Waals surface area contributed by atoms with Gasteiger partial charge in [0.15, 0.2) is 0 Å². The molecule has 0 radical (unpaired) electrons. The molecule has 0 spiro atoms. The zero-order valence-corrected chi connectivity index (χ0v) is 13.4. The minimum Gasteiger partial charge on any atom is -0.444 e. The Bertz CT molecular complexity index is 672. The van der Waals surface area contributed by atoms with Crippen molar-refractivity contribution >= 4 is 17.0 Å². The number of aromatic amines is 1. The number of aromatic nitrogens is 2. The number of carbonyl (C=O) groups is 1. The van der Waals surface area contributed by atoms with Crippen molar-refractivity contribution in [1.29, 1.82) is 0 Å². The van der Waals surface area contributed by atoms with Crippen LogP contribution in [-0.2, 0) is 4.74 Å². The molecule has 118 valence electrons. The lowest BCUT2D eigenvalue weighted by Crippen LogP contribution is -2.42. The Balaban J connectivity index is 1.77. The van der Waals surface area contributed by atoms with Crippen molar-refractivity contribution in [2.45, 2.75) is 45.1 Å². The molecule has 1 aliphatic heterocycles. The van der Waals surface area contributed by atoms with Gasteiger partial charge < -0.3 is 14.6 Å². The number of likely N-dealkylation sites (tertiary alicyclic amines) is 1. The quantitative estimate of drug-likeness (QED) is 0.874. The molecule has 1 saturated heterocycles. The second-order valence-electron chi connectivity index (χ2n) is 6.93. The molecule has 3 rings (SSSR count). The number of carbonyl (C=O) groups excluding carboxylic acids is 1. The zero-order valence-electron chi connectivity index (χ0n) is 13.4. The summed E-state index contributed by atoms with van der Waals surface area (Å²) in [6.07, 6.45) is 7.59. The van der Waals surface area contributed by atoms with E-state index >= 15 is 0 Å². The van der Waals surface area contributed by atoms with Gasteiger partial charge in [0.25, 0.3) is 0 Å². The number of H-pyrrole nitrogens is 1. The summed E-state index contributed by atoms with van der Waals surface area (Å²) in [6, 6.07) is 2.04. The number of ether oxygens (including phenoxy) is 1. The van der Waals surface area contributed by atoms with E-state index in [2.05, 4.69) is 16.2 Å². The molecule has 1 unspecified atom stereocenters. The van der Waals surface area contributed by atoms with Crippen LogP contribution < -0.4 is 0 Å². The summed E-state index contributed by atoms with van der Waals surface area (Å²) in [5.41, 5.74) is 1.87. The van der Waals surface area contributed by atoms with Gasteiger partial charge in [0, 0.05) is 36.8 Å². The molecule has 2 aromatic heterocycles. The van der Waals surface area contributed by atoms with E-state index in [-0.39, 0.29) is 6.09 Å². The highest BCUT2D eigenvalue weighted by Gasteiger charge is 2.29. The summed E-state index contributed by atoms with van der Waals surface area (Å²) in [7, 11) is 0. The van der Waals surface area contributed by atoms with Gasteiger partial charge in [0.1, 0.15) is 5.60 Å². The first kappa shape index (κ1) is 14.9. The van der Waals surface area contributed by atoms with Crippen LogP contribution in [0, 0.1) is 0 Å². The molecule has 0 saturated carbocycles. The van der Waals surface area contributed by atoms with Crippen molar-refractivity contribution in [3.05, 3.63) is 30.2 Å². The normalized spacial score (nSPS) is 19.4. The van der Waals surface area contributed by atoms with Crippen molar-refractivity contribution in [1.82, 2.24) is 14.9 Å². The largest absolute Gasteiger partial charge is 0.444 e. The van der Waals surface area contributed by atoms with Gasteiger partial charge in [-0.1, -0.05) is 0 Å². The second kappa shape index (κ2) is 5.63. The first-order valence-corrected chi connectivity index (χ1v) is 7.83. The highest BCUT2D eigenvalue weighted by molar-refractivity contribution is 5.82. The summed E-state index contributed by atoms with van der Waals surface area (Å²) in [5, 5.41) is 1.20. The van der Waals surface area contributed by atoms with Crippen molar-refractivity contribution in [3.63, 3.8) is 0 Å². The summed E-state index contributed by atoms with van der Waals surface area (Å²) in [5.74, 6) is 0.345. The summed E-state index contributed by atoms with van der Waals surface area (Å²) < 4.78 is 5.50. The zero-order chi connectivity index (χ0) is 15.7. The van der Waals surface area contributed by atoms with Crippen LogP contribution in [0.5, 0.6) is 0 Å². The van der Waals surface area contributed by atoms with Gasteiger partial charge in [-0.3, -0.25) is 4.98 Å². The smallest absolute Gasteiger partial charge is 0.410 e. The first-order valence-electron chi connectivity index (χ1n) is 7.83. The van der Waals surface area contributed by atoms with E-state index < -0.39 is 5.60 Å². The number of amides is 1. The molecule has 5 nitrogen and oxygen atoms in total. The fourth-order valence-corrected chi connectivity index (χ4v) is 3.06. The lowest BCUT2D eigenvalue weighted by molar-refractivity contribution is 0.0198. The average molecular weight is 301 g/mol. The third kappa shape index (κ3) is 3.08. The van der Waals surface area contributed by atoms with Crippen LogP contribution in [0.1, 0.15) is 45.1 Å². The van der Waals surface area contributed by atoms with E-state index in [9.17, 15) is 4.79 Å². The molecule has 1 aliphatic rings. The fraction of sp³-hybridized carbons (Fsp3) is 0.529. The molecule has 0 bridgehead atoms. The number of nitrogens with one attached hydrogen (secondary N) is 1. The predicted molar refractivity (Wildman–Crippen MR) is 85.9 cm³/mol. The maximum Gasteiger partial charge on any atom is 0.410 e. The number of hydrogen-bond donors (Lipinski definition) is 1. The fourth-order valence-electron chi connectivity index (χ4n) is 3.06. The molecule has 22 heavy (non-hydrogen) atoms. The molecule has 0 aliphatic carbocycles. The molecule has 1 amide bonds. The van der Waals surface area contributed by atoms with Crippen molar-refractivity contribution in [3.8, 4) is 0 Å². The average Bonchev–Trinajstić information content (AvgIpc) is 2.89. The van der Waals surface area contributed by atoms with E-state index in [1.165, 1.54) is 10.9 Å². The number of rotatable bonds is 1. The van der Waals surface area contributed by atoms with Crippen LogP contribution in [0.15, 0.2) is 24.7 Å². The molecular weight excluding hydrogens is 278 g/mol. The highest BCUT2D eigenvalue weighted by Crippen LogP contribution is 2.32. The van der Waals surface area contributed by atoms with Gasteiger partial charge in [-0.05, 0) is 45.2 Å². The molecule has 2 aromatic rings. The second-order valence-corrected chi connectivity index (χ2v) is 6.93. The minimum absolute atomic E-state index is 0.210. The van der Waals surface area contributed by atoms with Crippen LogP contribution in [0.4, 0.5) is 4.79 Å². The van der Waals surface area contributed by atoms with E-state index in [4.69, 9.17) is 4.74 Å². The monoisotopic (exact) mass is 301 g/mol. The van der Waals surface area contributed by atoms with Crippen LogP contribution in [-0.4, -0.2) is 39.7 Å². The third-order valence-corrected chi connectivity index (χ3v) is 4.03. The first-order chi connectivity index (χ1) is 10.4. The molecule has 1 fully saturated rings. The lowest BCUT2D eigenvalue weighted by Gasteiger charge is -2.34. The lowest BCUT2D eigenvalue weighted by atomic mass is 9.91. The molecule has 1 atom stereocenters. The Morgan fingerprint density at radius 1 is 1.45 bits per heavy atom. The number of piperidine rings is 1. The van der Waals surface area contributed by atoms with Crippen molar-refractivity contribution in [2.24, 2.45) is 0 Å². The maximum atomic E-state index is 12.3. The molecule has 1 N–H and O–H groups in total. The van der Waals surface area contributed by atoms with E-state index in [1.54, 1.807) is 0 Å². The Hall–Kier alpha value is -2.04. The number of pyridine rings is 1. The van der Waals surface area contributed by atoms with Gasteiger partial charge in [-0.15, -0.1) is 0 Å². The molecule has 3 heterocycles. The summed E-state index contributed by atoms with van der Waals surface area (Å²) in [6.45, 7) is 7.19. The topological polar surface area (TPSA) is 58.2 Å². The molecule has 0 aromatic carbocycles. The van der Waals surface area contributed by atoms with Crippen LogP contribution in [0.25, 0.3) is 10.9 Å². The Morgan fingerprint density at radius 3 is 3.05 bits per heavy atom. The van der Waals surface area contributed by atoms with Crippen LogP contribution in [0.3, 0.4) is 0 Å². The van der Waals surface area contributed by atoms with E-state index in [0.717, 1.165) is 24.9 Å². The number of hydrogen-bond acceptors (Lipinski definition) is 3. The van der Waals surface area contributed by atoms with Crippen LogP contribution in [0.2, 0.25) is 0 Å². The standard InChI is InChI=1S/C17H23N3O2/c1-17(2,3)22-16(21)20-8-4-5-12(11-20)14-9-19-15-10-18-7-6-13(14)15/h6-7,9-10,12,19H,4-5,8,11H2,1-3H3. The predicted octanol–water partition coefficient (Wildman–Crippen LogP) is 3.68. The van der Waals surface area contributed by atoms with Gasteiger partial charge >= 0.3 is 6.09 Å². The summed E-state index contributed by atoms with van der Waals surface area (Å²) >= 11 is 0. The Morgan fingerprint density at radius 2 is 2.27 bits per heavy atom. The van der Waals surface area contributed by atoms with Crippen molar-refractivity contribution < 1.29 is 9.53 Å². The van der Waals surface area contributed by atoms with E-state index in [0.29, 0.717) is 12.5 Å². The SMILES string of the molecule is CC(C)(C)OC(=O)N1CCCC(c2c[nH]c3cnccc23)C1. The summed E-state index contributed by atoms with van der Waals surface area (Å²) in [4.78, 5) is 21.5. The Labute approximate surface area is 130 Å². The third-order valence-electron chi connectivity index (χ3n) is 4.03. The number of nitrogens with zero attached hydrogens (tertiary/aromatic N) is 2. The maximum absolute atomic E-state index is 12.3. The molecule has 5 heteroatoms. The van der Waals surface area contributed by atoms with Gasteiger partial charge in [-0.2, -0.15) is 0 Å². The van der Waals surface area contributed by atoms with Crippen molar-refractivity contribution in [2.75, 3.05) is 13.1 Å². The highest BCUT2D eigenvalue weighted by atomic mass is 16.6. The number of fused-ring (bicyclic) bond motifs is 1. The van der Waals surface area contributed by atoms with Gasteiger partial charge in [0.05, 0.1) is 11.7 Å². The molecular formula is C17H23N3O2. The van der Waals surface area contributed by atoms with Gasteiger partial charge in [-0.25, -0.2) is 4.79 Å². The van der Waals surface area contributed by atoms with E-state index in [1.807, 2.05) is 44.1 Å². The Kier molecular flexibility index (Phi) is 3.81. The van der Waals surface area contributed by atoms with Crippen LogP contribution >= 0.6 is 0 Å². The minimum atomic E-state index is -0.448.